The van der Waals surface area contributed by atoms with E-state index in [2.05, 4.69) is 26.0 Å². The third-order valence-electron chi connectivity index (χ3n) is 2.14. The lowest BCUT2D eigenvalue weighted by molar-refractivity contribution is -0.139. The highest BCUT2D eigenvalue weighted by Crippen LogP contribution is 2.20. The summed E-state index contributed by atoms with van der Waals surface area (Å²) in [4.78, 5) is 12.2. The topological polar surface area (TPSA) is 26.3 Å². The van der Waals surface area contributed by atoms with Crippen molar-refractivity contribution in [2.24, 2.45) is 0 Å². The Kier molecular flexibility index (Phi) is 4.69. The summed E-state index contributed by atoms with van der Waals surface area (Å²) in [5, 5.41) is 0. The van der Waals surface area contributed by atoms with Crippen molar-refractivity contribution in [3.05, 3.63) is 29.3 Å². The maximum atomic E-state index is 11.1. The van der Waals surface area contributed by atoms with E-state index >= 15 is 0 Å². The molecule has 1 aromatic rings. The molecule has 0 aliphatic rings. The lowest BCUT2D eigenvalue weighted by atomic mass is 10.1. The molecule has 0 saturated carbocycles. The summed E-state index contributed by atoms with van der Waals surface area (Å²) in [6.07, 6.45) is 0. The summed E-state index contributed by atoms with van der Waals surface area (Å²) < 4.78 is 4.86. The first kappa shape index (κ1) is 12.1. The highest BCUT2D eigenvalue weighted by molar-refractivity contribution is 8.00. The van der Waals surface area contributed by atoms with Gasteiger partial charge in [0.25, 0.3) is 0 Å². The van der Waals surface area contributed by atoms with E-state index in [1.807, 2.05) is 13.0 Å². The smallest absolute Gasteiger partial charge is 0.316 e. The van der Waals surface area contributed by atoms with Crippen molar-refractivity contribution >= 4 is 17.7 Å². The first-order chi connectivity index (χ1) is 7.13. The van der Waals surface area contributed by atoms with Gasteiger partial charge in [0.05, 0.1) is 12.4 Å². The summed E-state index contributed by atoms with van der Waals surface area (Å²) in [6.45, 7) is 6.42. The minimum atomic E-state index is -0.152. The largest absolute Gasteiger partial charge is 0.465 e. The van der Waals surface area contributed by atoms with Gasteiger partial charge >= 0.3 is 5.97 Å². The van der Waals surface area contributed by atoms with Crippen molar-refractivity contribution in [2.75, 3.05) is 12.4 Å². The predicted octanol–water partition coefficient (Wildman–Crippen LogP) is 2.96. The molecule has 0 spiro atoms. The second-order valence-corrected chi connectivity index (χ2v) is 4.39. The molecule has 0 aliphatic carbocycles. The standard InChI is InChI=1S/C12H16O2S/c1-4-14-12(13)8-15-11-6-5-9(2)10(3)7-11/h5-7H,4,8H2,1-3H3. The van der Waals surface area contributed by atoms with Crippen LogP contribution in [0.15, 0.2) is 23.1 Å². The molecule has 0 fully saturated rings. The summed E-state index contributed by atoms with van der Waals surface area (Å²) >= 11 is 1.52. The lowest BCUT2D eigenvalue weighted by Crippen LogP contribution is -2.06. The molecule has 0 aliphatic heterocycles. The second kappa shape index (κ2) is 5.81. The van der Waals surface area contributed by atoms with Crippen LogP contribution in [0, 0.1) is 13.8 Å². The Bertz CT molecular complexity index is 347. The lowest BCUT2D eigenvalue weighted by Gasteiger charge is -2.04. The van der Waals surface area contributed by atoms with E-state index in [0.717, 1.165) is 4.90 Å². The molecule has 0 atom stereocenters. The zero-order chi connectivity index (χ0) is 11.3. The number of aryl methyl sites for hydroxylation is 2. The zero-order valence-electron chi connectivity index (χ0n) is 9.37. The molecular formula is C12H16O2S. The Morgan fingerprint density at radius 1 is 1.33 bits per heavy atom. The van der Waals surface area contributed by atoms with Gasteiger partial charge in [0, 0.05) is 4.90 Å². The number of carbonyl (C=O) groups is 1. The first-order valence-corrected chi connectivity index (χ1v) is 5.97. The summed E-state index contributed by atoms with van der Waals surface area (Å²) in [5.74, 6) is 0.233. The van der Waals surface area contributed by atoms with Gasteiger partial charge in [-0.15, -0.1) is 11.8 Å². The molecule has 3 heteroatoms. The van der Waals surface area contributed by atoms with E-state index in [1.54, 1.807) is 0 Å². The quantitative estimate of drug-likeness (QED) is 0.581. The van der Waals surface area contributed by atoms with Crippen LogP contribution in [-0.2, 0) is 9.53 Å². The van der Waals surface area contributed by atoms with Crippen LogP contribution in [-0.4, -0.2) is 18.3 Å². The number of carbonyl (C=O) groups excluding carboxylic acids is 1. The molecule has 15 heavy (non-hydrogen) atoms. The Labute approximate surface area is 95.0 Å². The number of benzene rings is 1. The van der Waals surface area contributed by atoms with Gasteiger partial charge in [-0.05, 0) is 44.0 Å². The van der Waals surface area contributed by atoms with E-state index in [1.165, 1.54) is 22.9 Å². The molecule has 0 N–H and O–H groups in total. The fraction of sp³-hybridized carbons (Fsp3) is 0.417. The Balaban J connectivity index is 2.51. The van der Waals surface area contributed by atoms with Crippen molar-refractivity contribution in [2.45, 2.75) is 25.7 Å². The highest BCUT2D eigenvalue weighted by atomic mass is 32.2. The van der Waals surface area contributed by atoms with Gasteiger partial charge < -0.3 is 4.74 Å². The molecule has 2 nitrogen and oxygen atoms in total. The van der Waals surface area contributed by atoms with E-state index < -0.39 is 0 Å². The van der Waals surface area contributed by atoms with Gasteiger partial charge in [0.1, 0.15) is 0 Å². The predicted molar refractivity (Wildman–Crippen MR) is 63.3 cm³/mol. The average molecular weight is 224 g/mol. The van der Waals surface area contributed by atoms with E-state index in [9.17, 15) is 4.79 Å². The molecule has 0 aromatic heterocycles. The summed E-state index contributed by atoms with van der Waals surface area (Å²) in [7, 11) is 0. The average Bonchev–Trinajstić information content (AvgIpc) is 2.20. The van der Waals surface area contributed by atoms with Gasteiger partial charge in [0.15, 0.2) is 0 Å². The molecule has 82 valence electrons. The number of esters is 1. The molecule has 0 unspecified atom stereocenters. The van der Waals surface area contributed by atoms with Crippen molar-refractivity contribution < 1.29 is 9.53 Å². The summed E-state index contributed by atoms with van der Waals surface area (Å²) in [5.41, 5.74) is 2.53. The molecule has 0 radical (unpaired) electrons. The van der Waals surface area contributed by atoms with Crippen LogP contribution < -0.4 is 0 Å². The number of hydrogen-bond donors (Lipinski definition) is 0. The number of thioether (sulfide) groups is 1. The molecule has 0 saturated heterocycles. The second-order valence-electron chi connectivity index (χ2n) is 3.34. The van der Waals surface area contributed by atoms with Crippen LogP contribution in [0.25, 0.3) is 0 Å². The van der Waals surface area contributed by atoms with Gasteiger partial charge in [0.2, 0.25) is 0 Å². The SMILES string of the molecule is CCOC(=O)CSc1ccc(C)c(C)c1. The van der Waals surface area contributed by atoms with Gasteiger partial charge in [-0.2, -0.15) is 0 Å². The van der Waals surface area contributed by atoms with Crippen LogP contribution in [0.1, 0.15) is 18.1 Å². The Morgan fingerprint density at radius 2 is 2.07 bits per heavy atom. The Hall–Kier alpha value is -0.960. The number of ether oxygens (including phenoxy) is 1. The van der Waals surface area contributed by atoms with Gasteiger partial charge in [-0.3, -0.25) is 4.79 Å². The minimum absolute atomic E-state index is 0.152. The third-order valence-corrected chi connectivity index (χ3v) is 3.11. The third kappa shape index (κ3) is 3.96. The molecule has 1 rings (SSSR count). The zero-order valence-corrected chi connectivity index (χ0v) is 10.2. The molecule has 1 aromatic carbocycles. The van der Waals surface area contributed by atoms with Crippen molar-refractivity contribution in [1.29, 1.82) is 0 Å². The molecular weight excluding hydrogens is 208 g/mol. The number of hydrogen-bond acceptors (Lipinski definition) is 3. The minimum Gasteiger partial charge on any atom is -0.465 e. The van der Waals surface area contributed by atoms with Gasteiger partial charge in [-0.1, -0.05) is 6.07 Å². The monoisotopic (exact) mass is 224 g/mol. The first-order valence-electron chi connectivity index (χ1n) is 4.99. The summed E-state index contributed by atoms with van der Waals surface area (Å²) in [6, 6.07) is 6.20. The van der Waals surface area contributed by atoms with Crippen LogP contribution in [0.5, 0.6) is 0 Å². The normalized spacial score (nSPS) is 10.1. The molecule has 0 bridgehead atoms. The molecule has 0 amide bonds. The van der Waals surface area contributed by atoms with Gasteiger partial charge in [-0.25, -0.2) is 0 Å². The van der Waals surface area contributed by atoms with Crippen LogP contribution >= 0.6 is 11.8 Å². The van der Waals surface area contributed by atoms with E-state index in [4.69, 9.17) is 4.74 Å². The highest BCUT2D eigenvalue weighted by Gasteiger charge is 2.03. The van der Waals surface area contributed by atoms with Crippen LogP contribution in [0.3, 0.4) is 0 Å². The van der Waals surface area contributed by atoms with Crippen molar-refractivity contribution in [1.82, 2.24) is 0 Å². The van der Waals surface area contributed by atoms with Crippen molar-refractivity contribution in [3.8, 4) is 0 Å². The van der Waals surface area contributed by atoms with Crippen LogP contribution in [0.4, 0.5) is 0 Å². The molecule has 0 heterocycles. The maximum Gasteiger partial charge on any atom is 0.316 e. The van der Waals surface area contributed by atoms with Crippen molar-refractivity contribution in [3.63, 3.8) is 0 Å². The maximum absolute atomic E-state index is 11.1. The van der Waals surface area contributed by atoms with Crippen LogP contribution in [0.2, 0.25) is 0 Å². The fourth-order valence-corrected chi connectivity index (χ4v) is 1.94. The van der Waals surface area contributed by atoms with E-state index in [0.29, 0.717) is 12.4 Å². The Morgan fingerprint density at radius 3 is 2.67 bits per heavy atom. The van der Waals surface area contributed by atoms with E-state index in [-0.39, 0.29) is 5.97 Å². The fourth-order valence-electron chi connectivity index (χ4n) is 1.15. The number of rotatable bonds is 4.